The van der Waals surface area contributed by atoms with E-state index in [0.29, 0.717) is 29.6 Å². The van der Waals surface area contributed by atoms with Gasteiger partial charge in [-0.25, -0.2) is 17.2 Å². The second-order valence-electron chi connectivity index (χ2n) is 5.62. The second kappa shape index (κ2) is 8.97. The molecule has 2 rings (SSSR count). The van der Waals surface area contributed by atoms with Gasteiger partial charge >= 0.3 is 0 Å². The first kappa shape index (κ1) is 21.6. The first-order valence-corrected chi connectivity index (χ1v) is 10.0. The van der Waals surface area contributed by atoms with Crippen LogP contribution in [-0.2, 0) is 14.8 Å². The molecule has 0 heterocycles. The lowest BCUT2D eigenvalue weighted by atomic mass is 10.3. The quantitative estimate of drug-likeness (QED) is 0.702. The molecular weight excluding hydrogens is 421 g/mol. The smallest absolute Gasteiger partial charge is 0.243 e. The van der Waals surface area contributed by atoms with Crippen molar-refractivity contribution in [1.82, 2.24) is 4.31 Å². The molecule has 10 heteroatoms. The van der Waals surface area contributed by atoms with E-state index in [9.17, 15) is 22.0 Å². The normalized spacial score (nSPS) is 11.6. The van der Waals surface area contributed by atoms with Gasteiger partial charge in [-0.2, -0.15) is 4.31 Å². The molecule has 0 bridgehead atoms. The Hall–Kier alpha value is -1.74. The Morgan fingerprint density at radius 1 is 1.11 bits per heavy atom. The van der Waals surface area contributed by atoms with Crippen molar-refractivity contribution in [1.29, 1.82) is 0 Å². The Kier molecular flexibility index (Phi) is 7.16. The number of anilines is 1. The van der Waals surface area contributed by atoms with Crippen molar-refractivity contribution in [2.45, 2.75) is 18.2 Å². The summed E-state index contributed by atoms with van der Waals surface area (Å²) < 4.78 is 53.1. The average Bonchev–Trinajstić information content (AvgIpc) is 2.57. The highest BCUT2D eigenvalue weighted by Gasteiger charge is 2.27. The number of halogens is 4. The number of carbonyl (C=O) groups excluding carboxylic acids is 1. The van der Waals surface area contributed by atoms with E-state index in [1.165, 1.54) is 18.2 Å². The van der Waals surface area contributed by atoms with Crippen molar-refractivity contribution in [3.63, 3.8) is 0 Å². The van der Waals surface area contributed by atoms with Gasteiger partial charge in [-0.3, -0.25) is 4.79 Å². The Bertz CT molecular complexity index is 935. The first-order valence-electron chi connectivity index (χ1n) is 7.84. The van der Waals surface area contributed by atoms with Crippen molar-refractivity contribution in [2.75, 3.05) is 18.4 Å². The number of hydrogen-bond acceptors (Lipinski definition) is 3. The number of carbonyl (C=O) groups is 1. The monoisotopic (exact) mass is 436 g/mol. The molecule has 0 unspecified atom stereocenters. The van der Waals surface area contributed by atoms with E-state index in [4.69, 9.17) is 23.2 Å². The van der Waals surface area contributed by atoms with Gasteiger partial charge < -0.3 is 5.32 Å². The maximum absolute atomic E-state index is 13.4. The van der Waals surface area contributed by atoms with Gasteiger partial charge in [-0.05, 0) is 36.8 Å². The summed E-state index contributed by atoms with van der Waals surface area (Å²) in [6.45, 7) is 1.13. The zero-order valence-corrected chi connectivity index (χ0v) is 16.5. The summed E-state index contributed by atoms with van der Waals surface area (Å²) in [5, 5.41) is 3.04. The van der Waals surface area contributed by atoms with Crippen LogP contribution in [0.15, 0.2) is 41.3 Å². The molecule has 0 aliphatic rings. The minimum Gasteiger partial charge on any atom is -0.324 e. The lowest BCUT2D eigenvalue weighted by Gasteiger charge is -2.21. The number of nitrogens with zero attached hydrogens (tertiary/aromatic N) is 1. The molecule has 2 aromatic carbocycles. The van der Waals surface area contributed by atoms with E-state index in [0.717, 1.165) is 4.31 Å². The molecule has 5 nitrogen and oxygen atoms in total. The van der Waals surface area contributed by atoms with Crippen LogP contribution in [0, 0.1) is 11.6 Å². The van der Waals surface area contributed by atoms with Crippen LogP contribution < -0.4 is 5.32 Å². The lowest BCUT2D eigenvalue weighted by molar-refractivity contribution is -0.116. The lowest BCUT2D eigenvalue weighted by Crippen LogP contribution is -2.38. The van der Waals surface area contributed by atoms with E-state index in [1.807, 2.05) is 0 Å². The molecule has 0 fully saturated rings. The predicted molar refractivity (Wildman–Crippen MR) is 100 cm³/mol. The minimum absolute atomic E-state index is 0.0167. The van der Waals surface area contributed by atoms with Crippen molar-refractivity contribution in [3.05, 3.63) is 58.1 Å². The van der Waals surface area contributed by atoms with Crippen LogP contribution in [0.3, 0.4) is 0 Å². The van der Waals surface area contributed by atoms with Crippen LogP contribution in [0.25, 0.3) is 0 Å². The molecule has 0 saturated heterocycles. The summed E-state index contributed by atoms with van der Waals surface area (Å²) in [4.78, 5) is 11.7. The summed E-state index contributed by atoms with van der Waals surface area (Å²) in [6, 6.07) is 6.40. The predicted octanol–water partition coefficient (Wildman–Crippen LogP) is 4.31. The molecule has 0 spiro atoms. The SMILES string of the molecule is CCCN(CC(=O)Nc1cc(Cl)ccc1Cl)S(=O)(=O)c1cc(F)cc(F)c1. The van der Waals surface area contributed by atoms with Crippen LogP contribution >= 0.6 is 23.2 Å². The highest BCUT2D eigenvalue weighted by Crippen LogP contribution is 2.25. The second-order valence-corrected chi connectivity index (χ2v) is 8.40. The van der Waals surface area contributed by atoms with Gasteiger partial charge in [0, 0.05) is 17.6 Å². The summed E-state index contributed by atoms with van der Waals surface area (Å²) in [7, 11) is -4.28. The summed E-state index contributed by atoms with van der Waals surface area (Å²) >= 11 is 11.8. The van der Waals surface area contributed by atoms with Crippen LogP contribution in [0.5, 0.6) is 0 Å². The van der Waals surface area contributed by atoms with Crippen LogP contribution in [0.4, 0.5) is 14.5 Å². The molecule has 0 aliphatic carbocycles. The first-order chi connectivity index (χ1) is 12.6. The van der Waals surface area contributed by atoms with Gasteiger partial charge in [-0.1, -0.05) is 30.1 Å². The van der Waals surface area contributed by atoms with E-state index in [1.54, 1.807) is 6.92 Å². The fraction of sp³-hybridized carbons (Fsp3) is 0.235. The van der Waals surface area contributed by atoms with Crippen molar-refractivity contribution < 1.29 is 22.0 Å². The Labute approximate surface area is 165 Å². The number of rotatable bonds is 7. The zero-order chi connectivity index (χ0) is 20.2. The average molecular weight is 437 g/mol. The molecule has 0 aliphatic heterocycles. The maximum atomic E-state index is 13.4. The largest absolute Gasteiger partial charge is 0.324 e. The van der Waals surface area contributed by atoms with E-state index in [2.05, 4.69) is 5.32 Å². The van der Waals surface area contributed by atoms with Crippen molar-refractivity contribution >= 4 is 44.8 Å². The Morgan fingerprint density at radius 2 is 1.74 bits per heavy atom. The van der Waals surface area contributed by atoms with E-state index in [-0.39, 0.29) is 17.3 Å². The van der Waals surface area contributed by atoms with Gasteiger partial charge in [0.1, 0.15) is 11.6 Å². The number of sulfonamides is 1. The van der Waals surface area contributed by atoms with Crippen molar-refractivity contribution in [3.8, 4) is 0 Å². The molecule has 2 aromatic rings. The maximum Gasteiger partial charge on any atom is 0.243 e. The molecule has 0 saturated carbocycles. The topological polar surface area (TPSA) is 66.5 Å². The molecule has 1 N–H and O–H groups in total. The third-order valence-corrected chi connectivity index (χ3v) is 5.86. The molecule has 0 atom stereocenters. The van der Waals surface area contributed by atoms with Crippen LogP contribution in [0.1, 0.15) is 13.3 Å². The minimum atomic E-state index is -4.28. The Morgan fingerprint density at radius 3 is 2.33 bits per heavy atom. The standard InChI is InChI=1S/C17H16Cl2F2N2O3S/c1-2-5-23(27(25,26)14-8-12(20)7-13(21)9-14)10-17(24)22-16-6-11(18)3-4-15(16)19/h3-4,6-9H,2,5,10H2,1H3,(H,22,24). The van der Waals surface area contributed by atoms with E-state index >= 15 is 0 Å². The number of hydrogen-bond donors (Lipinski definition) is 1. The highest BCUT2D eigenvalue weighted by molar-refractivity contribution is 7.89. The number of benzene rings is 2. The fourth-order valence-corrected chi connectivity index (χ4v) is 4.17. The van der Waals surface area contributed by atoms with E-state index < -0.39 is 39.0 Å². The number of nitrogens with one attached hydrogen (secondary N) is 1. The van der Waals surface area contributed by atoms with Gasteiger partial charge in [0.2, 0.25) is 15.9 Å². The zero-order valence-electron chi connectivity index (χ0n) is 14.2. The van der Waals surface area contributed by atoms with Gasteiger partial charge in [0.15, 0.2) is 0 Å². The Balaban J connectivity index is 2.25. The summed E-state index contributed by atoms with van der Waals surface area (Å²) in [5.74, 6) is -2.73. The van der Waals surface area contributed by atoms with Crippen molar-refractivity contribution in [2.24, 2.45) is 0 Å². The molecule has 27 heavy (non-hydrogen) atoms. The summed E-state index contributed by atoms with van der Waals surface area (Å²) in [6.07, 6.45) is 0.391. The highest BCUT2D eigenvalue weighted by atomic mass is 35.5. The number of amides is 1. The molecule has 1 amide bonds. The molecule has 0 radical (unpaired) electrons. The third-order valence-electron chi connectivity index (χ3n) is 3.47. The summed E-state index contributed by atoms with van der Waals surface area (Å²) in [5.41, 5.74) is 0.222. The van der Waals surface area contributed by atoms with Crippen LogP contribution in [0.2, 0.25) is 10.0 Å². The molecular formula is C17H16Cl2F2N2O3S. The third kappa shape index (κ3) is 5.62. The van der Waals surface area contributed by atoms with Gasteiger partial charge in [0.05, 0.1) is 22.2 Å². The molecule has 146 valence electrons. The fourth-order valence-electron chi connectivity index (χ4n) is 2.30. The van der Waals surface area contributed by atoms with Crippen LogP contribution in [-0.4, -0.2) is 31.7 Å². The molecule has 0 aromatic heterocycles. The van der Waals surface area contributed by atoms with Gasteiger partial charge in [-0.15, -0.1) is 0 Å². The van der Waals surface area contributed by atoms with Gasteiger partial charge in [0.25, 0.3) is 0 Å².